The molecule has 222 valence electrons. The number of benzene rings is 2. The Hall–Kier alpha value is -4.74. The monoisotopic (exact) mass is 580 g/mol. The summed E-state index contributed by atoms with van der Waals surface area (Å²) in [5.74, 6) is -1.79. The second-order valence-electron chi connectivity index (χ2n) is 11.0. The number of halogens is 2. The molecule has 1 aliphatic rings. The van der Waals surface area contributed by atoms with E-state index >= 15 is 0 Å². The number of primary amides is 1. The average Bonchev–Trinajstić information content (AvgIpc) is 3.39. The minimum atomic E-state index is -0.690. The highest BCUT2D eigenvalue weighted by molar-refractivity contribution is 5.97. The third-order valence-electron chi connectivity index (χ3n) is 6.36. The van der Waals surface area contributed by atoms with Gasteiger partial charge in [-0.15, -0.1) is 0 Å². The standard InChI is InChI=1S/C30H34F2N6O4/c1-30(2,3)42-29(41)38-10-4-5-25(38)28(40)37-23-8-6-22(7-9-23)36-27-15-24(19(17-35-27)13-26(33)39)34-16-18-11-20(31)14-21(32)12-18/h6-9,11-12,14-15,17,25H,4-5,10,13,16H2,1-3H3,(H2,33,39)(H,37,40)(H2,34,35,36)/t25-/m0/s1. The normalized spacial score (nSPS) is 14.8. The van der Waals surface area contributed by atoms with Gasteiger partial charge in [0.15, 0.2) is 0 Å². The number of carbonyl (C=O) groups excluding carboxylic acids is 3. The average molecular weight is 581 g/mol. The fourth-order valence-corrected chi connectivity index (χ4v) is 4.54. The summed E-state index contributed by atoms with van der Waals surface area (Å²) in [4.78, 5) is 42.8. The Labute approximate surface area is 242 Å². The number of amides is 3. The SMILES string of the molecule is CC(C)(C)OC(=O)N1CCC[C@H]1C(=O)Nc1ccc(Nc2cc(NCc3cc(F)cc(F)c3)c(CC(N)=O)cn2)cc1. The number of carbonyl (C=O) groups is 3. The Morgan fingerprint density at radius 2 is 1.71 bits per heavy atom. The topological polar surface area (TPSA) is 139 Å². The van der Waals surface area contributed by atoms with Crippen LogP contribution < -0.4 is 21.7 Å². The van der Waals surface area contributed by atoms with Crippen LogP contribution in [0.4, 0.5) is 36.5 Å². The lowest BCUT2D eigenvalue weighted by molar-refractivity contribution is -0.120. The predicted octanol–water partition coefficient (Wildman–Crippen LogP) is 5.08. The van der Waals surface area contributed by atoms with E-state index in [1.165, 1.54) is 23.2 Å². The molecule has 1 aliphatic heterocycles. The van der Waals surface area contributed by atoms with Gasteiger partial charge in [0.2, 0.25) is 11.8 Å². The molecule has 42 heavy (non-hydrogen) atoms. The predicted molar refractivity (Wildman–Crippen MR) is 155 cm³/mol. The summed E-state index contributed by atoms with van der Waals surface area (Å²) in [5.41, 5.74) is 7.36. The Bertz CT molecular complexity index is 1440. The van der Waals surface area contributed by atoms with Gasteiger partial charge in [0, 0.05) is 54.0 Å². The first kappa shape index (κ1) is 30.2. The quantitative estimate of drug-likeness (QED) is 0.277. The van der Waals surface area contributed by atoms with Gasteiger partial charge in [0.1, 0.15) is 29.1 Å². The van der Waals surface area contributed by atoms with E-state index in [0.29, 0.717) is 53.4 Å². The van der Waals surface area contributed by atoms with Gasteiger partial charge in [0.25, 0.3) is 0 Å². The van der Waals surface area contributed by atoms with Crippen LogP contribution in [0.2, 0.25) is 0 Å². The molecule has 10 nitrogen and oxygen atoms in total. The first-order chi connectivity index (χ1) is 19.9. The summed E-state index contributed by atoms with van der Waals surface area (Å²) in [5, 5.41) is 9.10. The van der Waals surface area contributed by atoms with Crippen LogP contribution in [0, 0.1) is 11.6 Å². The van der Waals surface area contributed by atoms with Crippen LogP contribution in [0.3, 0.4) is 0 Å². The van der Waals surface area contributed by atoms with Crippen LogP contribution in [0.1, 0.15) is 44.7 Å². The van der Waals surface area contributed by atoms with E-state index in [0.717, 1.165) is 6.07 Å². The molecule has 4 rings (SSSR count). The molecule has 1 atom stereocenters. The molecule has 0 unspecified atom stereocenters. The second-order valence-corrected chi connectivity index (χ2v) is 11.0. The zero-order valence-electron chi connectivity index (χ0n) is 23.7. The first-order valence-corrected chi connectivity index (χ1v) is 13.5. The van der Waals surface area contributed by atoms with Gasteiger partial charge in [-0.05, 0) is 75.6 Å². The summed E-state index contributed by atoms with van der Waals surface area (Å²) < 4.78 is 32.6. The molecule has 12 heteroatoms. The summed E-state index contributed by atoms with van der Waals surface area (Å²) in [7, 11) is 0. The summed E-state index contributed by atoms with van der Waals surface area (Å²) in [6, 6.07) is 11.2. The highest BCUT2D eigenvalue weighted by Crippen LogP contribution is 2.26. The zero-order chi connectivity index (χ0) is 30.4. The van der Waals surface area contributed by atoms with Gasteiger partial charge in [0.05, 0.1) is 6.42 Å². The molecule has 0 bridgehead atoms. The molecular weight excluding hydrogens is 546 g/mol. The third kappa shape index (κ3) is 8.38. The fourth-order valence-electron chi connectivity index (χ4n) is 4.54. The van der Waals surface area contributed by atoms with Gasteiger partial charge >= 0.3 is 6.09 Å². The Morgan fingerprint density at radius 3 is 2.36 bits per heavy atom. The molecule has 3 amide bonds. The van der Waals surface area contributed by atoms with Crippen molar-refractivity contribution in [1.82, 2.24) is 9.88 Å². The highest BCUT2D eigenvalue weighted by atomic mass is 19.1. The molecule has 1 fully saturated rings. The van der Waals surface area contributed by atoms with Crippen LogP contribution >= 0.6 is 0 Å². The van der Waals surface area contributed by atoms with E-state index in [9.17, 15) is 23.2 Å². The number of aromatic nitrogens is 1. The number of ether oxygens (including phenoxy) is 1. The lowest BCUT2D eigenvalue weighted by Gasteiger charge is -2.28. The van der Waals surface area contributed by atoms with Crippen molar-refractivity contribution in [1.29, 1.82) is 0 Å². The molecule has 0 spiro atoms. The molecule has 3 aromatic rings. The molecule has 0 radical (unpaired) electrons. The minimum absolute atomic E-state index is 0.0755. The maximum Gasteiger partial charge on any atom is 0.410 e. The molecule has 0 aliphatic carbocycles. The molecule has 2 heterocycles. The number of pyridine rings is 1. The van der Waals surface area contributed by atoms with Crippen molar-refractivity contribution < 1.29 is 27.9 Å². The highest BCUT2D eigenvalue weighted by Gasteiger charge is 2.36. The van der Waals surface area contributed by atoms with E-state index in [-0.39, 0.29) is 18.9 Å². The number of nitrogens with zero attached hydrogens (tertiary/aromatic N) is 2. The minimum Gasteiger partial charge on any atom is -0.444 e. The van der Waals surface area contributed by atoms with Crippen LogP contribution in [-0.4, -0.2) is 46.0 Å². The van der Waals surface area contributed by atoms with Gasteiger partial charge in [-0.3, -0.25) is 14.5 Å². The van der Waals surface area contributed by atoms with Gasteiger partial charge in [-0.2, -0.15) is 0 Å². The Kier molecular flexibility index (Phi) is 9.24. The lowest BCUT2D eigenvalue weighted by atomic mass is 10.1. The lowest BCUT2D eigenvalue weighted by Crippen LogP contribution is -2.45. The number of nitrogens with one attached hydrogen (secondary N) is 3. The molecule has 1 saturated heterocycles. The Balaban J connectivity index is 1.41. The van der Waals surface area contributed by atoms with Crippen molar-refractivity contribution >= 4 is 40.8 Å². The number of rotatable bonds is 9. The number of anilines is 4. The number of nitrogens with two attached hydrogens (primary N) is 1. The van der Waals surface area contributed by atoms with Crippen LogP contribution in [-0.2, 0) is 27.3 Å². The van der Waals surface area contributed by atoms with Gasteiger partial charge in [-0.1, -0.05) is 0 Å². The smallest absolute Gasteiger partial charge is 0.410 e. The number of hydrogen-bond donors (Lipinski definition) is 4. The van der Waals surface area contributed by atoms with Crippen LogP contribution in [0.25, 0.3) is 0 Å². The van der Waals surface area contributed by atoms with Crippen molar-refractivity contribution in [2.75, 3.05) is 22.5 Å². The maximum absolute atomic E-state index is 13.6. The van der Waals surface area contributed by atoms with Crippen LogP contribution in [0.15, 0.2) is 54.7 Å². The second kappa shape index (κ2) is 12.8. The van der Waals surface area contributed by atoms with E-state index in [4.69, 9.17) is 10.5 Å². The largest absolute Gasteiger partial charge is 0.444 e. The fraction of sp³-hybridized carbons (Fsp3) is 0.333. The van der Waals surface area contributed by atoms with Gasteiger partial charge in [-0.25, -0.2) is 18.6 Å². The molecule has 2 aromatic carbocycles. The van der Waals surface area contributed by atoms with Crippen molar-refractivity contribution in [3.05, 3.63) is 77.5 Å². The third-order valence-corrected chi connectivity index (χ3v) is 6.36. The van der Waals surface area contributed by atoms with Crippen molar-refractivity contribution in [3.8, 4) is 0 Å². The van der Waals surface area contributed by atoms with Crippen molar-refractivity contribution in [3.63, 3.8) is 0 Å². The van der Waals surface area contributed by atoms with Gasteiger partial charge < -0.3 is 26.4 Å². The molecular formula is C30H34F2N6O4. The number of likely N-dealkylation sites (tertiary alicyclic amines) is 1. The Morgan fingerprint density at radius 1 is 1.05 bits per heavy atom. The van der Waals surface area contributed by atoms with Crippen molar-refractivity contribution in [2.45, 2.75) is 58.2 Å². The molecule has 1 aromatic heterocycles. The first-order valence-electron chi connectivity index (χ1n) is 13.5. The van der Waals surface area contributed by atoms with Crippen LogP contribution in [0.5, 0.6) is 0 Å². The maximum atomic E-state index is 13.6. The van der Waals surface area contributed by atoms with E-state index in [2.05, 4.69) is 20.9 Å². The summed E-state index contributed by atoms with van der Waals surface area (Å²) in [6.45, 7) is 5.90. The van der Waals surface area contributed by atoms with E-state index in [1.807, 2.05) is 0 Å². The summed E-state index contributed by atoms with van der Waals surface area (Å²) >= 11 is 0. The molecule has 0 saturated carbocycles. The zero-order valence-corrected chi connectivity index (χ0v) is 23.7. The van der Waals surface area contributed by atoms with E-state index < -0.39 is 35.3 Å². The van der Waals surface area contributed by atoms with E-state index in [1.54, 1.807) is 51.1 Å². The number of hydrogen-bond acceptors (Lipinski definition) is 7. The van der Waals surface area contributed by atoms with Crippen molar-refractivity contribution in [2.24, 2.45) is 5.73 Å². The summed E-state index contributed by atoms with van der Waals surface area (Å²) in [6.07, 6.45) is 2.17. The molecule has 5 N–H and O–H groups in total.